The second-order valence-corrected chi connectivity index (χ2v) is 13.3. The summed E-state index contributed by atoms with van der Waals surface area (Å²) in [6, 6.07) is 65.6. The van der Waals surface area contributed by atoms with Gasteiger partial charge in [-0.05, 0) is 73.8 Å². The predicted molar refractivity (Wildman–Crippen MR) is 205 cm³/mol. The molecular weight excluding hydrogens is 605 g/mol. The Labute approximate surface area is 292 Å². The minimum atomic E-state index is 0.220. The lowest BCUT2D eigenvalue weighted by Gasteiger charge is -2.24. The third kappa shape index (κ3) is 4.64. The van der Waals surface area contributed by atoms with E-state index in [9.17, 15) is 0 Å². The zero-order chi connectivity index (χ0) is 33.0. The second kappa shape index (κ2) is 11.6. The molecule has 0 bridgehead atoms. The van der Waals surface area contributed by atoms with Gasteiger partial charge >= 0.3 is 0 Å². The number of rotatable bonds is 5. The maximum Gasteiger partial charge on any atom is 0.160 e. The maximum absolute atomic E-state index is 5.12. The van der Waals surface area contributed by atoms with Gasteiger partial charge in [0, 0.05) is 28.5 Å². The Morgan fingerprint density at radius 3 is 1.34 bits per heavy atom. The second-order valence-electron chi connectivity index (χ2n) is 13.3. The van der Waals surface area contributed by atoms with Gasteiger partial charge in [0.2, 0.25) is 0 Å². The Balaban J connectivity index is 1.10. The molecule has 0 spiro atoms. The highest BCUT2D eigenvalue weighted by molar-refractivity contribution is 5.87. The first-order valence-corrected chi connectivity index (χ1v) is 17.3. The summed E-state index contributed by atoms with van der Waals surface area (Å²) < 4.78 is 0. The van der Waals surface area contributed by atoms with Crippen LogP contribution in [-0.2, 0) is 0 Å². The van der Waals surface area contributed by atoms with E-state index in [1.165, 1.54) is 55.6 Å². The largest absolute Gasteiger partial charge is 0.228 e. The van der Waals surface area contributed by atoms with Crippen molar-refractivity contribution < 1.29 is 0 Å². The quantitative estimate of drug-likeness (QED) is 0.188. The minimum absolute atomic E-state index is 0.220. The van der Waals surface area contributed by atoms with Crippen molar-refractivity contribution in [3.63, 3.8) is 0 Å². The first kappa shape index (κ1) is 28.6. The number of fused-ring (bicyclic) bond motifs is 6. The molecule has 0 N–H and O–H groups in total. The van der Waals surface area contributed by atoms with E-state index in [1.54, 1.807) is 0 Å². The van der Waals surface area contributed by atoms with E-state index in [0.29, 0.717) is 0 Å². The van der Waals surface area contributed by atoms with Gasteiger partial charge in [-0.3, -0.25) is 0 Å². The van der Waals surface area contributed by atoms with Crippen LogP contribution in [0.15, 0.2) is 182 Å². The van der Waals surface area contributed by atoms with Crippen LogP contribution in [0.5, 0.6) is 0 Å². The molecule has 1 heterocycles. The highest BCUT2D eigenvalue weighted by Crippen LogP contribution is 2.58. The van der Waals surface area contributed by atoms with Crippen LogP contribution in [0.4, 0.5) is 0 Å². The molecule has 1 atom stereocenters. The fourth-order valence-corrected chi connectivity index (χ4v) is 8.26. The van der Waals surface area contributed by atoms with Crippen molar-refractivity contribution in [2.45, 2.75) is 11.8 Å². The van der Waals surface area contributed by atoms with E-state index >= 15 is 0 Å². The van der Waals surface area contributed by atoms with E-state index in [1.807, 2.05) is 24.3 Å². The maximum atomic E-state index is 5.12. The molecular formula is C48H32N2. The van der Waals surface area contributed by atoms with Crippen molar-refractivity contribution in [2.75, 3.05) is 0 Å². The summed E-state index contributed by atoms with van der Waals surface area (Å²) in [6.07, 6.45) is 0. The lowest BCUT2D eigenvalue weighted by atomic mass is 9.78. The van der Waals surface area contributed by atoms with Gasteiger partial charge in [-0.2, -0.15) is 0 Å². The van der Waals surface area contributed by atoms with Gasteiger partial charge in [-0.15, -0.1) is 0 Å². The fraction of sp³-hybridized carbons (Fsp3) is 0.0417. The van der Waals surface area contributed by atoms with Crippen LogP contribution in [0.1, 0.15) is 34.1 Å². The zero-order valence-corrected chi connectivity index (χ0v) is 27.4. The van der Waals surface area contributed by atoms with Crippen LogP contribution >= 0.6 is 0 Å². The molecule has 10 rings (SSSR count). The number of benzene rings is 7. The topological polar surface area (TPSA) is 25.8 Å². The minimum Gasteiger partial charge on any atom is -0.228 e. The van der Waals surface area contributed by atoms with Crippen molar-refractivity contribution in [3.05, 3.63) is 204 Å². The standard InChI is InChI=1S/C48H32N2/c1-3-14-31(15-4-1)44-30-45(50-48(49-44)32-16-5-2-6-17-32)35-19-13-18-33(28-35)34-26-27-39-38-22-9-12-25-42(38)47(43(39)29-34)46-40-23-10-7-20-36(40)37-21-8-11-24-41(37)46/h1-30,46-47H. The summed E-state index contributed by atoms with van der Waals surface area (Å²) >= 11 is 0. The van der Waals surface area contributed by atoms with Crippen molar-refractivity contribution in [1.29, 1.82) is 0 Å². The van der Waals surface area contributed by atoms with Gasteiger partial charge in [0.1, 0.15) is 0 Å². The van der Waals surface area contributed by atoms with Crippen LogP contribution in [0.3, 0.4) is 0 Å². The Morgan fingerprint density at radius 2 is 0.720 bits per heavy atom. The molecule has 2 nitrogen and oxygen atoms in total. The SMILES string of the molecule is c1ccc(-c2cc(-c3cccc(-c4ccc5c(c4)C(C4c6ccccc6-c6ccccc64)c4ccccc4-5)c3)nc(-c3ccccc3)n2)cc1. The lowest BCUT2D eigenvalue weighted by molar-refractivity contribution is 0.724. The van der Waals surface area contributed by atoms with Crippen molar-refractivity contribution >= 4 is 0 Å². The Hall–Kier alpha value is -6.38. The smallest absolute Gasteiger partial charge is 0.160 e. The molecule has 1 unspecified atom stereocenters. The summed E-state index contributed by atoms with van der Waals surface area (Å²) in [5.74, 6) is 1.20. The molecule has 2 aliphatic carbocycles. The van der Waals surface area contributed by atoms with Crippen LogP contribution in [0.25, 0.3) is 67.3 Å². The van der Waals surface area contributed by atoms with Crippen molar-refractivity contribution in [3.8, 4) is 67.3 Å². The van der Waals surface area contributed by atoms with Crippen LogP contribution in [0, 0.1) is 0 Å². The van der Waals surface area contributed by atoms with E-state index in [-0.39, 0.29) is 11.8 Å². The molecule has 0 saturated heterocycles. The third-order valence-corrected chi connectivity index (χ3v) is 10.5. The highest BCUT2D eigenvalue weighted by atomic mass is 14.9. The number of aromatic nitrogens is 2. The zero-order valence-electron chi connectivity index (χ0n) is 27.4. The average molecular weight is 637 g/mol. The van der Waals surface area contributed by atoms with E-state index in [4.69, 9.17) is 9.97 Å². The van der Waals surface area contributed by atoms with Crippen LogP contribution in [0.2, 0.25) is 0 Å². The van der Waals surface area contributed by atoms with E-state index in [2.05, 4.69) is 158 Å². The Kier molecular flexibility index (Phi) is 6.67. The summed E-state index contributed by atoms with van der Waals surface area (Å²) in [5, 5.41) is 0. The molecule has 2 aliphatic rings. The van der Waals surface area contributed by atoms with Gasteiger partial charge in [-0.1, -0.05) is 164 Å². The average Bonchev–Trinajstić information content (AvgIpc) is 3.70. The number of hydrogen-bond acceptors (Lipinski definition) is 2. The summed E-state index contributed by atoms with van der Waals surface area (Å²) in [7, 11) is 0. The van der Waals surface area contributed by atoms with Gasteiger partial charge in [0.15, 0.2) is 5.82 Å². The summed E-state index contributed by atoms with van der Waals surface area (Å²) in [4.78, 5) is 10.1. The fourth-order valence-electron chi connectivity index (χ4n) is 8.26. The molecule has 0 fully saturated rings. The molecule has 50 heavy (non-hydrogen) atoms. The molecule has 0 saturated carbocycles. The predicted octanol–water partition coefficient (Wildman–Crippen LogP) is 12.1. The van der Waals surface area contributed by atoms with E-state index < -0.39 is 0 Å². The normalized spacial score (nSPS) is 14.1. The molecule has 7 aromatic carbocycles. The van der Waals surface area contributed by atoms with Gasteiger partial charge in [0.05, 0.1) is 11.4 Å². The molecule has 234 valence electrons. The molecule has 0 radical (unpaired) electrons. The summed E-state index contributed by atoms with van der Waals surface area (Å²) in [6.45, 7) is 0. The van der Waals surface area contributed by atoms with E-state index in [0.717, 1.165) is 33.9 Å². The highest BCUT2D eigenvalue weighted by Gasteiger charge is 2.40. The first-order valence-electron chi connectivity index (χ1n) is 17.3. The molecule has 0 aliphatic heterocycles. The monoisotopic (exact) mass is 636 g/mol. The van der Waals surface area contributed by atoms with Crippen LogP contribution in [-0.4, -0.2) is 9.97 Å². The summed E-state index contributed by atoms with van der Waals surface area (Å²) in [5.41, 5.74) is 18.4. The molecule has 8 aromatic rings. The molecule has 1 aromatic heterocycles. The molecule has 2 heteroatoms. The Bertz CT molecular complexity index is 2450. The number of hydrogen-bond donors (Lipinski definition) is 0. The lowest BCUT2D eigenvalue weighted by Crippen LogP contribution is -2.10. The van der Waals surface area contributed by atoms with Gasteiger partial charge in [-0.25, -0.2) is 9.97 Å². The van der Waals surface area contributed by atoms with Crippen LogP contribution < -0.4 is 0 Å². The van der Waals surface area contributed by atoms with Gasteiger partial charge in [0.25, 0.3) is 0 Å². The Morgan fingerprint density at radius 1 is 0.280 bits per heavy atom. The van der Waals surface area contributed by atoms with Crippen molar-refractivity contribution in [1.82, 2.24) is 9.97 Å². The molecule has 0 amide bonds. The number of nitrogens with zero attached hydrogens (tertiary/aromatic N) is 2. The third-order valence-electron chi connectivity index (χ3n) is 10.5. The van der Waals surface area contributed by atoms with Crippen molar-refractivity contribution in [2.24, 2.45) is 0 Å². The van der Waals surface area contributed by atoms with Gasteiger partial charge < -0.3 is 0 Å². The first-order chi connectivity index (χ1) is 24.8.